The summed E-state index contributed by atoms with van der Waals surface area (Å²) in [6.45, 7) is 7.06. The van der Waals surface area contributed by atoms with Crippen LogP contribution in [0.25, 0.3) is 21.5 Å². The van der Waals surface area contributed by atoms with E-state index >= 15 is 0 Å². The summed E-state index contributed by atoms with van der Waals surface area (Å²) in [7, 11) is -31.9. The average Bonchev–Trinajstić information content (AvgIpc) is 0.747. The number of carbonyl (C=O) groups excluding carboxylic acids is 5. The van der Waals surface area contributed by atoms with Crippen molar-refractivity contribution < 1.29 is 279 Å². The van der Waals surface area contributed by atoms with E-state index in [0.29, 0.717) is 47.5 Å². The van der Waals surface area contributed by atoms with Crippen LogP contribution in [0.4, 0.5) is 38.9 Å². The van der Waals surface area contributed by atoms with E-state index in [4.69, 9.17) is 0 Å². The van der Waals surface area contributed by atoms with Gasteiger partial charge in [-0.05, 0) is 132 Å². The molecule has 0 aliphatic rings. The van der Waals surface area contributed by atoms with Crippen LogP contribution in [0.5, 0.6) is 0 Å². The maximum absolute atomic E-state index is 13.9. The first-order valence-corrected chi connectivity index (χ1v) is 34.1. The fraction of sp³-hybridized carbons (Fsp3) is 0.109. The van der Waals surface area contributed by atoms with Crippen LogP contribution in [0.15, 0.2) is 163 Å². The Morgan fingerprint density at radius 2 is 0.604 bits per heavy atom. The van der Waals surface area contributed by atoms with Gasteiger partial charge in [-0.1, -0.05) is 52.0 Å². The smallest absolute Gasteiger partial charge is 0.322 e. The van der Waals surface area contributed by atoms with E-state index in [9.17, 15) is 102 Å². The topological polar surface area (TPSA) is 484 Å². The van der Waals surface area contributed by atoms with Crippen molar-refractivity contribution in [2.75, 3.05) is 31.9 Å². The number of hydrogen-bond acceptors (Lipinski definition) is 17. The molecule has 0 aliphatic carbocycles. The Kier molecular flexibility index (Phi) is 32.2. The number of rotatable bonds is 18. The largest absolute Gasteiger partial charge is 1.00 e. The van der Waals surface area contributed by atoms with Crippen molar-refractivity contribution >= 4 is 146 Å². The standard InChI is InChI=1S/C55H48N6O23S6.6Na/c1-27(2)37-13-11-31(53(64)58-41-15-17-45(87(73,74)75)39-23-35(85(67,68)69)25-47(49(39)41)89(79,80)81)21-43(37)60-51(62)29-7-5-9-33(19-29)56-55(66)57-34-10-6-8-30(20-34)52(63)61-44-22-32(12-14-38(44)28(3)4)54(65)59-42-16-18-46(88(76,77)78)40-24-36(86(70,71)72)26-48(50(40)42)90(82,83)84;;;;;;/h5-28H,1-4H3,(H,58,64)(H,59,65)(H,60,62)(H,61,63)(H2,56,57,66)(H,67,68,69)(H,70,71,72)(H,73,74,75)(H,76,77,78)(H,79,80,81)(H,82,83,84);;;;;;/q;6*+1. The Balaban J connectivity index is 0.00000523. The first-order chi connectivity index (χ1) is 41.6. The van der Waals surface area contributed by atoms with E-state index < -0.39 is 153 Å². The molecule has 8 aromatic rings. The third-order valence-corrected chi connectivity index (χ3v) is 18.6. The van der Waals surface area contributed by atoms with Gasteiger partial charge in [-0.15, -0.1) is 0 Å². The van der Waals surface area contributed by atoms with Crippen molar-refractivity contribution in [3.63, 3.8) is 0 Å². The van der Waals surface area contributed by atoms with Gasteiger partial charge in [0, 0.05) is 66.5 Å². The zero-order valence-electron chi connectivity index (χ0n) is 52.4. The Bertz CT molecular complexity index is 4850. The molecule has 0 atom stereocenters. The summed E-state index contributed by atoms with van der Waals surface area (Å²) in [5, 5.41) is 12.1. The number of hydrogen-bond donors (Lipinski definition) is 12. The SMILES string of the molecule is CC(C)c1ccc(C(=O)Nc2ccc(S(=O)(=O)O)c3cc(S(=O)(=O)O)cc(S(=O)(=O)O)c23)cc1NC(=O)c1cccc(NC(=O)Nc2cccc(C(=O)Nc3cc(C(=O)Nc4ccc(S(=O)(=O)O)c5cc(S(=O)(=O)O)cc(S(=O)(=O)O)c45)ccc3C(C)C)c2)c1.[Na+].[Na+].[Na+].[Na+].[Na+].[Na+]. The van der Waals surface area contributed by atoms with Gasteiger partial charge in [-0.2, -0.15) is 50.5 Å². The van der Waals surface area contributed by atoms with Crippen LogP contribution in [0.3, 0.4) is 0 Å². The Morgan fingerprint density at radius 1 is 0.312 bits per heavy atom. The van der Waals surface area contributed by atoms with Crippen LogP contribution in [-0.4, -0.2) is 107 Å². The molecular weight excluding hydrogens is 1440 g/mol. The summed E-state index contributed by atoms with van der Waals surface area (Å²) in [4.78, 5) is 61.9. The molecule has 41 heteroatoms. The van der Waals surface area contributed by atoms with Gasteiger partial charge in [0.15, 0.2) is 0 Å². The molecule has 0 heterocycles. The second kappa shape index (κ2) is 34.7. The number of urea groups is 1. The quantitative estimate of drug-likeness (QED) is 0.0280. The number of nitrogens with one attached hydrogen (secondary N) is 6. The van der Waals surface area contributed by atoms with Crippen LogP contribution in [0.2, 0.25) is 0 Å². The molecule has 6 amide bonds. The van der Waals surface area contributed by atoms with Gasteiger partial charge in [0.1, 0.15) is 19.6 Å². The summed E-state index contributed by atoms with van der Waals surface area (Å²) < 4.78 is 207. The fourth-order valence-corrected chi connectivity index (χ4v) is 13.4. The number of anilines is 6. The number of benzene rings is 8. The minimum atomic E-state index is -5.46. The van der Waals surface area contributed by atoms with Crippen molar-refractivity contribution in [1.82, 2.24) is 0 Å². The molecule has 0 saturated heterocycles. The molecule has 12 N–H and O–H groups in total. The van der Waals surface area contributed by atoms with E-state index in [2.05, 4.69) is 31.9 Å². The van der Waals surface area contributed by atoms with Gasteiger partial charge in [-0.3, -0.25) is 46.5 Å². The molecular formula is C55H48N6Na6O23S6+6. The monoisotopic (exact) mass is 1490 g/mol. The molecule has 0 radical (unpaired) electrons. The first kappa shape index (κ1) is 89.0. The molecule has 0 bridgehead atoms. The molecule has 0 saturated carbocycles. The third kappa shape index (κ3) is 21.5. The molecule has 8 rings (SSSR count). The van der Waals surface area contributed by atoms with Gasteiger partial charge >= 0.3 is 183 Å². The Morgan fingerprint density at radius 3 is 0.885 bits per heavy atom. The van der Waals surface area contributed by atoms with Crippen LogP contribution in [0.1, 0.15) is 92.1 Å². The first-order valence-electron chi connectivity index (χ1n) is 25.5. The van der Waals surface area contributed by atoms with E-state index in [0.717, 1.165) is 12.1 Å². The van der Waals surface area contributed by atoms with E-state index in [1.54, 1.807) is 27.7 Å². The van der Waals surface area contributed by atoms with Crippen molar-refractivity contribution in [3.05, 3.63) is 167 Å². The van der Waals surface area contributed by atoms with Gasteiger partial charge < -0.3 is 31.9 Å². The van der Waals surface area contributed by atoms with Gasteiger partial charge in [0.25, 0.3) is 84.3 Å². The van der Waals surface area contributed by atoms with Crippen molar-refractivity contribution in [2.24, 2.45) is 0 Å². The predicted molar refractivity (Wildman–Crippen MR) is 325 cm³/mol. The maximum Gasteiger partial charge on any atom is 1.00 e. The van der Waals surface area contributed by atoms with E-state index in [1.807, 2.05) is 0 Å². The second-order valence-electron chi connectivity index (χ2n) is 20.2. The van der Waals surface area contributed by atoms with Crippen LogP contribution >= 0.6 is 0 Å². The Labute approximate surface area is 682 Å². The fourth-order valence-electron chi connectivity index (χ4n) is 9.32. The molecule has 8 aromatic carbocycles. The summed E-state index contributed by atoms with van der Waals surface area (Å²) in [6.07, 6.45) is 0. The molecule has 0 spiro atoms. The summed E-state index contributed by atoms with van der Waals surface area (Å²) in [5.41, 5.74) is -0.0964. The summed E-state index contributed by atoms with van der Waals surface area (Å²) in [5.74, 6) is -4.12. The second-order valence-corrected chi connectivity index (χ2v) is 28.6. The van der Waals surface area contributed by atoms with Crippen molar-refractivity contribution in [1.29, 1.82) is 0 Å². The molecule has 472 valence electrons. The number of amides is 6. The minimum absolute atomic E-state index is 0. The van der Waals surface area contributed by atoms with E-state index in [1.165, 1.54) is 84.9 Å². The molecule has 96 heavy (non-hydrogen) atoms. The minimum Gasteiger partial charge on any atom is -0.322 e. The van der Waals surface area contributed by atoms with Crippen molar-refractivity contribution in [3.8, 4) is 0 Å². The van der Waals surface area contributed by atoms with Crippen LogP contribution < -0.4 is 209 Å². The predicted octanol–water partition coefficient (Wildman–Crippen LogP) is -9.60. The van der Waals surface area contributed by atoms with Crippen LogP contribution in [0, 0.1) is 0 Å². The normalized spacial score (nSPS) is 11.6. The molecule has 0 unspecified atom stereocenters. The molecule has 0 fully saturated rings. The zero-order valence-corrected chi connectivity index (χ0v) is 69.3. The average molecular weight is 1490 g/mol. The van der Waals surface area contributed by atoms with Gasteiger partial charge in [-0.25, -0.2) is 4.79 Å². The molecule has 0 aliphatic heterocycles. The van der Waals surface area contributed by atoms with Crippen LogP contribution in [-0.2, 0) is 60.7 Å². The zero-order chi connectivity index (χ0) is 66.5. The van der Waals surface area contributed by atoms with Crippen molar-refractivity contribution in [2.45, 2.75) is 68.9 Å². The molecule has 0 aromatic heterocycles. The third-order valence-electron chi connectivity index (χ3n) is 13.4. The maximum atomic E-state index is 13.9. The number of carbonyl (C=O) groups is 5. The number of fused-ring (bicyclic) bond motifs is 2. The van der Waals surface area contributed by atoms with E-state index in [-0.39, 0.29) is 234 Å². The molecule has 29 nitrogen and oxygen atoms in total. The summed E-state index contributed by atoms with van der Waals surface area (Å²) in [6, 6.07) is 23.1. The Hall–Kier alpha value is -3.11. The van der Waals surface area contributed by atoms with Gasteiger partial charge in [0.05, 0.1) is 21.2 Å². The van der Waals surface area contributed by atoms with Gasteiger partial charge in [0.2, 0.25) is 0 Å². The summed E-state index contributed by atoms with van der Waals surface area (Å²) >= 11 is 0.